The van der Waals surface area contributed by atoms with Crippen LogP contribution in [-0.4, -0.2) is 9.97 Å². The van der Waals surface area contributed by atoms with Crippen molar-refractivity contribution in [3.05, 3.63) is 58.3 Å². The van der Waals surface area contributed by atoms with Crippen molar-refractivity contribution in [3.8, 4) is 0 Å². The van der Waals surface area contributed by atoms with Crippen molar-refractivity contribution in [2.24, 2.45) is 0 Å². The van der Waals surface area contributed by atoms with Crippen molar-refractivity contribution in [1.29, 1.82) is 0 Å². The van der Waals surface area contributed by atoms with Gasteiger partial charge in [0.2, 0.25) is 0 Å². The monoisotopic (exact) mass is 215 g/mol. The Morgan fingerprint density at radius 1 is 1.25 bits per heavy atom. The van der Waals surface area contributed by atoms with E-state index in [2.05, 4.69) is 9.97 Å². The van der Waals surface area contributed by atoms with Gasteiger partial charge in [0.05, 0.1) is 0 Å². The number of H-pyrrole nitrogens is 1. The number of nitrogen functional groups attached to an aromatic ring is 1. The zero-order chi connectivity index (χ0) is 11.4. The average Bonchev–Trinajstić information content (AvgIpc) is 2.27. The number of aromatic amines is 1. The van der Waals surface area contributed by atoms with E-state index >= 15 is 0 Å². The van der Waals surface area contributed by atoms with Gasteiger partial charge in [-0.1, -0.05) is 12.1 Å². The maximum absolute atomic E-state index is 11.0. The van der Waals surface area contributed by atoms with E-state index in [1.165, 1.54) is 12.3 Å². The first-order valence-electron chi connectivity index (χ1n) is 5.13. The largest absolute Gasteiger partial charge is 0.399 e. The second-order valence-corrected chi connectivity index (χ2v) is 3.63. The number of aryl methyl sites for hydroxylation is 2. The average molecular weight is 215 g/mol. The van der Waals surface area contributed by atoms with E-state index in [0.29, 0.717) is 12.2 Å². The number of benzene rings is 1. The maximum atomic E-state index is 11.0. The highest BCUT2D eigenvalue weighted by molar-refractivity contribution is 5.40. The summed E-state index contributed by atoms with van der Waals surface area (Å²) in [5.74, 6) is 0.704. The predicted octanol–water partition coefficient (Wildman–Crippen LogP) is 1.14. The van der Waals surface area contributed by atoms with Gasteiger partial charge in [-0.3, -0.25) is 4.79 Å². The lowest BCUT2D eigenvalue weighted by molar-refractivity contribution is 0.847. The van der Waals surface area contributed by atoms with E-state index in [-0.39, 0.29) is 5.56 Å². The lowest BCUT2D eigenvalue weighted by atomic mass is 10.1. The highest BCUT2D eigenvalue weighted by atomic mass is 16.1. The Morgan fingerprint density at radius 2 is 2.12 bits per heavy atom. The second-order valence-electron chi connectivity index (χ2n) is 3.63. The molecule has 0 saturated carbocycles. The number of anilines is 1. The molecule has 0 atom stereocenters. The summed E-state index contributed by atoms with van der Waals surface area (Å²) in [6.45, 7) is 0. The van der Waals surface area contributed by atoms with Gasteiger partial charge in [0.15, 0.2) is 0 Å². The molecule has 2 aromatic rings. The highest BCUT2D eigenvalue weighted by Gasteiger charge is 1.98. The number of rotatable bonds is 3. The van der Waals surface area contributed by atoms with Gasteiger partial charge in [0, 0.05) is 24.4 Å². The van der Waals surface area contributed by atoms with E-state index in [1.807, 2.05) is 24.3 Å². The molecule has 0 spiro atoms. The predicted molar refractivity (Wildman–Crippen MR) is 63.1 cm³/mol. The number of nitrogens with zero attached hydrogens (tertiary/aromatic N) is 1. The lowest BCUT2D eigenvalue weighted by Gasteiger charge is -2.02. The topological polar surface area (TPSA) is 71.8 Å². The van der Waals surface area contributed by atoms with E-state index in [9.17, 15) is 4.79 Å². The van der Waals surface area contributed by atoms with Crippen LogP contribution in [0, 0.1) is 0 Å². The van der Waals surface area contributed by atoms with Crippen LogP contribution >= 0.6 is 0 Å². The number of nitrogens with two attached hydrogens (primary N) is 1. The number of hydrogen-bond donors (Lipinski definition) is 2. The molecule has 0 saturated heterocycles. The summed E-state index contributed by atoms with van der Waals surface area (Å²) in [7, 11) is 0. The van der Waals surface area contributed by atoms with Crippen molar-refractivity contribution in [3.63, 3.8) is 0 Å². The minimum absolute atomic E-state index is 0.113. The van der Waals surface area contributed by atoms with Crippen molar-refractivity contribution < 1.29 is 0 Å². The molecule has 16 heavy (non-hydrogen) atoms. The summed E-state index contributed by atoms with van der Waals surface area (Å²) in [6, 6.07) is 9.13. The molecule has 0 aliphatic heterocycles. The molecule has 0 fully saturated rings. The first kappa shape index (κ1) is 10.4. The first-order valence-corrected chi connectivity index (χ1v) is 5.13. The molecule has 0 amide bonds. The second kappa shape index (κ2) is 4.61. The molecule has 4 nitrogen and oxygen atoms in total. The fourth-order valence-corrected chi connectivity index (χ4v) is 1.55. The molecular weight excluding hydrogens is 202 g/mol. The van der Waals surface area contributed by atoms with Crippen LogP contribution in [0.2, 0.25) is 0 Å². The minimum Gasteiger partial charge on any atom is -0.399 e. The zero-order valence-corrected chi connectivity index (χ0v) is 8.81. The van der Waals surface area contributed by atoms with Crippen LogP contribution in [0.25, 0.3) is 0 Å². The van der Waals surface area contributed by atoms with Crippen molar-refractivity contribution >= 4 is 5.69 Å². The van der Waals surface area contributed by atoms with Gasteiger partial charge in [0.25, 0.3) is 5.56 Å². The number of nitrogens with one attached hydrogen (secondary N) is 1. The number of hydrogen-bond acceptors (Lipinski definition) is 3. The quantitative estimate of drug-likeness (QED) is 0.754. The van der Waals surface area contributed by atoms with E-state index in [4.69, 9.17) is 5.73 Å². The van der Waals surface area contributed by atoms with Crippen LogP contribution in [0.5, 0.6) is 0 Å². The van der Waals surface area contributed by atoms with Crippen LogP contribution in [0.4, 0.5) is 5.69 Å². The van der Waals surface area contributed by atoms with E-state index < -0.39 is 0 Å². The van der Waals surface area contributed by atoms with Gasteiger partial charge in [-0.05, 0) is 24.1 Å². The Bertz CT molecular complexity index is 534. The summed E-state index contributed by atoms with van der Waals surface area (Å²) < 4.78 is 0. The van der Waals surface area contributed by atoms with Crippen LogP contribution in [0.3, 0.4) is 0 Å². The minimum atomic E-state index is -0.113. The fourth-order valence-electron chi connectivity index (χ4n) is 1.55. The van der Waals surface area contributed by atoms with E-state index in [1.54, 1.807) is 0 Å². The Hall–Kier alpha value is -2.10. The maximum Gasteiger partial charge on any atom is 0.250 e. The molecule has 3 N–H and O–H groups in total. The molecular formula is C12H13N3O. The Labute approximate surface area is 93.2 Å². The third-order valence-electron chi connectivity index (χ3n) is 2.33. The highest BCUT2D eigenvalue weighted by Crippen LogP contribution is 2.08. The zero-order valence-electron chi connectivity index (χ0n) is 8.81. The van der Waals surface area contributed by atoms with Gasteiger partial charge >= 0.3 is 0 Å². The summed E-state index contributed by atoms with van der Waals surface area (Å²) in [6.07, 6.45) is 3.05. The van der Waals surface area contributed by atoms with Crippen molar-refractivity contribution in [2.45, 2.75) is 12.8 Å². The van der Waals surface area contributed by atoms with Crippen molar-refractivity contribution in [2.75, 3.05) is 5.73 Å². The Morgan fingerprint density at radius 3 is 2.88 bits per heavy atom. The summed E-state index contributed by atoms with van der Waals surface area (Å²) in [5.41, 5.74) is 7.47. The van der Waals surface area contributed by atoms with Gasteiger partial charge in [0.1, 0.15) is 5.82 Å². The third kappa shape index (κ3) is 2.70. The van der Waals surface area contributed by atoms with Crippen LogP contribution in [-0.2, 0) is 12.8 Å². The molecule has 4 heteroatoms. The third-order valence-corrected chi connectivity index (χ3v) is 2.33. The summed E-state index contributed by atoms with van der Waals surface area (Å²) in [4.78, 5) is 17.8. The molecule has 1 heterocycles. The molecule has 0 aliphatic rings. The van der Waals surface area contributed by atoms with Crippen molar-refractivity contribution in [1.82, 2.24) is 9.97 Å². The van der Waals surface area contributed by atoms with Gasteiger partial charge in [-0.25, -0.2) is 4.98 Å². The number of aromatic nitrogens is 2. The molecule has 2 rings (SSSR count). The molecule has 0 unspecified atom stereocenters. The Kier molecular flexibility index (Phi) is 3.00. The molecule has 0 aliphatic carbocycles. The molecule has 1 aromatic carbocycles. The molecule has 0 bridgehead atoms. The fraction of sp³-hybridized carbons (Fsp3) is 0.167. The van der Waals surface area contributed by atoms with Crippen LogP contribution in [0.1, 0.15) is 11.4 Å². The molecule has 1 aromatic heterocycles. The molecule has 0 radical (unpaired) electrons. The first-order chi connectivity index (χ1) is 7.74. The Balaban J connectivity index is 2.05. The van der Waals surface area contributed by atoms with Gasteiger partial charge in [-0.15, -0.1) is 0 Å². The smallest absolute Gasteiger partial charge is 0.250 e. The SMILES string of the molecule is Nc1cccc(CCc2nccc(=O)[nH]2)c1. The van der Waals surface area contributed by atoms with Gasteiger partial charge < -0.3 is 10.7 Å². The molecule has 82 valence electrons. The lowest BCUT2D eigenvalue weighted by Crippen LogP contribution is -2.09. The normalized spacial score (nSPS) is 10.2. The van der Waals surface area contributed by atoms with E-state index in [0.717, 1.165) is 17.7 Å². The standard InChI is InChI=1S/C12H13N3O/c13-10-3-1-2-9(8-10)4-5-11-14-7-6-12(16)15-11/h1-3,6-8H,4-5,13H2,(H,14,15,16). The van der Waals surface area contributed by atoms with Gasteiger partial charge in [-0.2, -0.15) is 0 Å². The van der Waals surface area contributed by atoms with Crippen LogP contribution < -0.4 is 11.3 Å². The summed E-state index contributed by atoms with van der Waals surface area (Å²) in [5, 5.41) is 0. The van der Waals surface area contributed by atoms with Crippen LogP contribution in [0.15, 0.2) is 41.3 Å². The summed E-state index contributed by atoms with van der Waals surface area (Å²) >= 11 is 0.